The van der Waals surface area contributed by atoms with Gasteiger partial charge < -0.3 is 4.90 Å². The Hall–Kier alpha value is -1.49. The Balaban J connectivity index is 2.23. The van der Waals surface area contributed by atoms with Crippen LogP contribution in [0.25, 0.3) is 0 Å². The molecule has 0 unspecified atom stereocenters. The van der Waals surface area contributed by atoms with Crippen LogP contribution in [0.5, 0.6) is 0 Å². The standard InChI is InChI=1S/C16H22N2/c1-4-16(3)8-10-18(11-9-16)15-13(2)6-5-7-14(15)12-17/h5-7H,4,8-11H2,1-3H3. The molecule has 1 saturated heterocycles. The Kier molecular flexibility index (Phi) is 3.61. The van der Waals surface area contributed by atoms with E-state index in [0.29, 0.717) is 5.41 Å². The number of hydrogen-bond donors (Lipinski definition) is 0. The summed E-state index contributed by atoms with van der Waals surface area (Å²) >= 11 is 0. The highest BCUT2D eigenvalue weighted by Gasteiger charge is 2.29. The van der Waals surface area contributed by atoms with Gasteiger partial charge in [-0.3, -0.25) is 0 Å². The molecule has 1 fully saturated rings. The Morgan fingerprint density at radius 2 is 2.00 bits per heavy atom. The van der Waals surface area contributed by atoms with Gasteiger partial charge in [0.05, 0.1) is 11.3 Å². The van der Waals surface area contributed by atoms with Gasteiger partial charge in [0.1, 0.15) is 6.07 Å². The molecular formula is C16H22N2. The maximum atomic E-state index is 9.25. The van der Waals surface area contributed by atoms with Crippen LogP contribution in [0.2, 0.25) is 0 Å². The van der Waals surface area contributed by atoms with E-state index < -0.39 is 0 Å². The van der Waals surface area contributed by atoms with Crippen molar-refractivity contribution in [2.75, 3.05) is 18.0 Å². The van der Waals surface area contributed by atoms with Crippen LogP contribution >= 0.6 is 0 Å². The molecule has 0 aromatic heterocycles. The van der Waals surface area contributed by atoms with Gasteiger partial charge in [-0.1, -0.05) is 32.4 Å². The second-order valence-corrected chi connectivity index (χ2v) is 5.73. The van der Waals surface area contributed by atoms with E-state index in [0.717, 1.165) is 24.3 Å². The van der Waals surface area contributed by atoms with Crippen molar-refractivity contribution >= 4 is 5.69 Å². The number of para-hydroxylation sites is 1. The molecule has 0 atom stereocenters. The Morgan fingerprint density at radius 1 is 1.33 bits per heavy atom. The number of hydrogen-bond acceptors (Lipinski definition) is 2. The highest BCUT2D eigenvalue weighted by molar-refractivity contribution is 5.64. The van der Waals surface area contributed by atoms with Gasteiger partial charge in [-0.2, -0.15) is 5.26 Å². The van der Waals surface area contributed by atoms with Crippen molar-refractivity contribution < 1.29 is 0 Å². The fourth-order valence-electron chi connectivity index (χ4n) is 2.79. The molecule has 0 N–H and O–H groups in total. The maximum absolute atomic E-state index is 9.25. The quantitative estimate of drug-likeness (QED) is 0.787. The molecule has 0 spiro atoms. The molecule has 18 heavy (non-hydrogen) atoms. The summed E-state index contributed by atoms with van der Waals surface area (Å²) in [6.45, 7) is 8.91. The Morgan fingerprint density at radius 3 is 2.56 bits per heavy atom. The summed E-state index contributed by atoms with van der Waals surface area (Å²) in [7, 11) is 0. The van der Waals surface area contributed by atoms with Crippen LogP contribution in [0.4, 0.5) is 5.69 Å². The fourth-order valence-corrected chi connectivity index (χ4v) is 2.79. The molecule has 2 heteroatoms. The van der Waals surface area contributed by atoms with Gasteiger partial charge in [0.15, 0.2) is 0 Å². The molecule has 0 saturated carbocycles. The minimum atomic E-state index is 0.492. The predicted molar refractivity (Wildman–Crippen MR) is 75.7 cm³/mol. The van der Waals surface area contributed by atoms with Crippen molar-refractivity contribution in [2.45, 2.75) is 40.0 Å². The van der Waals surface area contributed by atoms with E-state index in [2.05, 4.69) is 37.8 Å². The number of nitriles is 1. The normalized spacial score (nSPS) is 18.4. The maximum Gasteiger partial charge on any atom is 0.101 e. The van der Waals surface area contributed by atoms with Gasteiger partial charge in [-0.15, -0.1) is 0 Å². The largest absolute Gasteiger partial charge is 0.370 e. The topological polar surface area (TPSA) is 27.0 Å². The molecule has 2 rings (SSSR count). The van der Waals surface area contributed by atoms with Gasteiger partial charge in [-0.05, 0) is 36.8 Å². The first-order valence-electron chi connectivity index (χ1n) is 6.84. The lowest BCUT2D eigenvalue weighted by Crippen LogP contribution is -2.39. The lowest BCUT2D eigenvalue weighted by Gasteiger charge is -2.40. The molecule has 1 heterocycles. The third-order valence-corrected chi connectivity index (χ3v) is 4.50. The molecule has 96 valence electrons. The highest BCUT2D eigenvalue weighted by atomic mass is 15.1. The SMILES string of the molecule is CCC1(C)CCN(c2c(C)cccc2C#N)CC1. The average molecular weight is 242 g/mol. The lowest BCUT2D eigenvalue weighted by atomic mass is 9.78. The lowest BCUT2D eigenvalue weighted by molar-refractivity contribution is 0.238. The summed E-state index contributed by atoms with van der Waals surface area (Å²) < 4.78 is 0. The first kappa shape index (κ1) is 13.0. The smallest absolute Gasteiger partial charge is 0.101 e. The summed E-state index contributed by atoms with van der Waals surface area (Å²) in [5, 5.41) is 9.25. The van der Waals surface area contributed by atoms with Gasteiger partial charge in [0, 0.05) is 13.1 Å². The summed E-state index contributed by atoms with van der Waals surface area (Å²) in [4.78, 5) is 2.39. The molecule has 0 bridgehead atoms. The summed E-state index contributed by atoms with van der Waals surface area (Å²) in [5.74, 6) is 0. The van der Waals surface area contributed by atoms with Crippen molar-refractivity contribution in [1.29, 1.82) is 5.26 Å². The van der Waals surface area contributed by atoms with Crippen molar-refractivity contribution in [3.05, 3.63) is 29.3 Å². The van der Waals surface area contributed by atoms with Gasteiger partial charge in [-0.25, -0.2) is 0 Å². The zero-order valence-corrected chi connectivity index (χ0v) is 11.7. The number of anilines is 1. The van der Waals surface area contributed by atoms with Crippen LogP contribution in [0.15, 0.2) is 18.2 Å². The highest BCUT2D eigenvalue weighted by Crippen LogP contribution is 2.37. The molecule has 1 aliphatic heterocycles. The van der Waals surface area contributed by atoms with Crippen LogP contribution in [0.1, 0.15) is 44.2 Å². The third-order valence-electron chi connectivity index (χ3n) is 4.50. The monoisotopic (exact) mass is 242 g/mol. The van der Waals surface area contributed by atoms with Crippen LogP contribution in [-0.4, -0.2) is 13.1 Å². The molecule has 1 aromatic rings. The molecule has 0 radical (unpaired) electrons. The Bertz CT molecular complexity index is 462. The van der Waals surface area contributed by atoms with Crippen molar-refractivity contribution in [3.8, 4) is 6.07 Å². The number of benzene rings is 1. The summed E-state index contributed by atoms with van der Waals surface area (Å²) in [6.07, 6.45) is 3.70. The van der Waals surface area contributed by atoms with Crippen LogP contribution in [-0.2, 0) is 0 Å². The Labute approximate surface area is 110 Å². The third kappa shape index (κ3) is 2.36. The molecule has 1 aliphatic rings. The van der Waals surface area contributed by atoms with E-state index in [9.17, 15) is 5.26 Å². The molecule has 2 nitrogen and oxygen atoms in total. The van der Waals surface area contributed by atoms with Crippen LogP contribution in [0, 0.1) is 23.7 Å². The van der Waals surface area contributed by atoms with E-state index in [1.807, 2.05) is 12.1 Å². The van der Waals surface area contributed by atoms with Crippen LogP contribution < -0.4 is 4.90 Å². The number of rotatable bonds is 2. The zero-order chi connectivity index (χ0) is 13.2. The average Bonchev–Trinajstić information content (AvgIpc) is 2.40. The molecule has 1 aromatic carbocycles. The number of nitrogens with zero attached hydrogens (tertiary/aromatic N) is 2. The second-order valence-electron chi connectivity index (χ2n) is 5.73. The fraction of sp³-hybridized carbons (Fsp3) is 0.562. The van der Waals surface area contributed by atoms with E-state index in [-0.39, 0.29) is 0 Å². The summed E-state index contributed by atoms with van der Waals surface area (Å²) in [6, 6.07) is 8.32. The molecule has 0 aliphatic carbocycles. The predicted octanol–water partition coefficient (Wildman–Crippen LogP) is 3.88. The van der Waals surface area contributed by atoms with E-state index in [4.69, 9.17) is 0 Å². The second kappa shape index (κ2) is 5.02. The summed E-state index contributed by atoms with van der Waals surface area (Å²) in [5.41, 5.74) is 3.67. The minimum absolute atomic E-state index is 0.492. The van der Waals surface area contributed by atoms with Crippen molar-refractivity contribution in [2.24, 2.45) is 5.41 Å². The zero-order valence-electron chi connectivity index (χ0n) is 11.7. The van der Waals surface area contributed by atoms with Gasteiger partial charge in [0.25, 0.3) is 0 Å². The van der Waals surface area contributed by atoms with Crippen molar-refractivity contribution in [3.63, 3.8) is 0 Å². The van der Waals surface area contributed by atoms with E-state index in [1.54, 1.807) is 0 Å². The van der Waals surface area contributed by atoms with E-state index in [1.165, 1.54) is 24.8 Å². The van der Waals surface area contributed by atoms with Crippen LogP contribution in [0.3, 0.4) is 0 Å². The molecule has 0 amide bonds. The number of piperidine rings is 1. The van der Waals surface area contributed by atoms with Gasteiger partial charge >= 0.3 is 0 Å². The molecular weight excluding hydrogens is 220 g/mol. The van der Waals surface area contributed by atoms with Gasteiger partial charge in [0.2, 0.25) is 0 Å². The van der Waals surface area contributed by atoms with E-state index >= 15 is 0 Å². The minimum Gasteiger partial charge on any atom is -0.370 e. The van der Waals surface area contributed by atoms with Crippen molar-refractivity contribution in [1.82, 2.24) is 0 Å². The number of aryl methyl sites for hydroxylation is 1. The first-order valence-corrected chi connectivity index (χ1v) is 6.84. The first-order chi connectivity index (χ1) is 8.59.